The first-order valence-corrected chi connectivity index (χ1v) is 9.93. The molecule has 1 amide bonds. The van der Waals surface area contributed by atoms with Gasteiger partial charge in [-0.2, -0.15) is 0 Å². The van der Waals surface area contributed by atoms with Crippen molar-refractivity contribution in [1.29, 1.82) is 0 Å². The molecule has 132 valence electrons. The van der Waals surface area contributed by atoms with Crippen LogP contribution in [-0.4, -0.2) is 26.9 Å². The Bertz CT molecular complexity index is 880. The molecule has 0 unspecified atom stereocenters. The zero-order chi connectivity index (χ0) is 18.0. The Labute approximate surface area is 152 Å². The summed E-state index contributed by atoms with van der Waals surface area (Å²) in [5.41, 5.74) is 0.752. The molecule has 0 saturated heterocycles. The van der Waals surface area contributed by atoms with E-state index in [1.165, 1.54) is 22.5 Å². The van der Waals surface area contributed by atoms with Gasteiger partial charge in [0.2, 0.25) is 0 Å². The van der Waals surface area contributed by atoms with E-state index in [1.54, 1.807) is 31.2 Å². The summed E-state index contributed by atoms with van der Waals surface area (Å²) in [7, 11) is -3.80. The highest BCUT2D eigenvalue weighted by atomic mass is 35.5. The predicted molar refractivity (Wildman–Crippen MR) is 98.6 cm³/mol. The summed E-state index contributed by atoms with van der Waals surface area (Å²) < 4.78 is 27.4. The van der Waals surface area contributed by atoms with Gasteiger partial charge >= 0.3 is 0 Å². The van der Waals surface area contributed by atoms with E-state index in [1.807, 2.05) is 6.07 Å². The maximum absolute atomic E-state index is 13.0. The van der Waals surface area contributed by atoms with Gasteiger partial charge in [-0.15, -0.1) is 0 Å². The normalized spacial score (nSPS) is 14.2. The summed E-state index contributed by atoms with van der Waals surface area (Å²) in [5, 5.41) is 3.07. The topological polar surface area (TPSA) is 66.5 Å². The number of anilines is 1. The van der Waals surface area contributed by atoms with Gasteiger partial charge in [0.25, 0.3) is 15.9 Å². The molecule has 25 heavy (non-hydrogen) atoms. The van der Waals surface area contributed by atoms with Gasteiger partial charge in [-0.1, -0.05) is 29.8 Å². The second-order valence-corrected chi connectivity index (χ2v) is 8.16. The minimum Gasteiger partial charge on any atom is -0.349 e. The summed E-state index contributed by atoms with van der Waals surface area (Å²) in [6.45, 7) is 2.04. The molecule has 7 heteroatoms. The van der Waals surface area contributed by atoms with Gasteiger partial charge in [0.05, 0.1) is 21.2 Å². The zero-order valence-electron chi connectivity index (χ0n) is 13.8. The fourth-order valence-corrected chi connectivity index (χ4v) is 4.25. The fourth-order valence-electron chi connectivity index (χ4n) is 2.54. The predicted octanol–water partition coefficient (Wildman–Crippen LogP) is 3.45. The van der Waals surface area contributed by atoms with Crippen LogP contribution in [0.4, 0.5) is 5.69 Å². The van der Waals surface area contributed by atoms with Crippen molar-refractivity contribution in [1.82, 2.24) is 5.32 Å². The number of hydrogen-bond donors (Lipinski definition) is 1. The fraction of sp³-hybridized carbons (Fsp3) is 0.278. The number of halogens is 1. The van der Waals surface area contributed by atoms with Crippen molar-refractivity contribution in [3.63, 3.8) is 0 Å². The number of amides is 1. The lowest BCUT2D eigenvalue weighted by Gasteiger charge is -2.23. The van der Waals surface area contributed by atoms with E-state index >= 15 is 0 Å². The quantitative estimate of drug-likeness (QED) is 0.837. The standard InChI is InChI=1S/C18H19ClN2O3S/c1-2-21(14-6-4-3-5-7-14)25(23,24)15-10-11-17(19)16(12-15)18(22)20-13-8-9-13/h3-7,10-13H,2,8-9H2,1H3,(H,20,22). The second-order valence-electron chi connectivity index (χ2n) is 5.89. The molecular formula is C18H19ClN2O3S. The SMILES string of the molecule is CCN(c1ccccc1)S(=O)(=O)c1ccc(Cl)c(C(=O)NC2CC2)c1. The van der Waals surface area contributed by atoms with Crippen LogP contribution in [0.3, 0.4) is 0 Å². The lowest BCUT2D eigenvalue weighted by atomic mass is 10.2. The minimum atomic E-state index is -3.80. The molecule has 3 rings (SSSR count). The van der Waals surface area contributed by atoms with Crippen LogP contribution < -0.4 is 9.62 Å². The van der Waals surface area contributed by atoms with Gasteiger partial charge in [-0.05, 0) is 50.1 Å². The number of carbonyl (C=O) groups is 1. The van der Waals surface area contributed by atoms with E-state index in [0.29, 0.717) is 5.69 Å². The summed E-state index contributed by atoms with van der Waals surface area (Å²) >= 11 is 6.11. The van der Waals surface area contributed by atoms with Crippen molar-refractivity contribution in [3.05, 3.63) is 59.1 Å². The van der Waals surface area contributed by atoms with Crippen LogP contribution in [0.5, 0.6) is 0 Å². The maximum Gasteiger partial charge on any atom is 0.264 e. The van der Waals surface area contributed by atoms with Crippen molar-refractivity contribution in [2.75, 3.05) is 10.8 Å². The largest absolute Gasteiger partial charge is 0.349 e. The van der Waals surface area contributed by atoms with Gasteiger partial charge in [-0.25, -0.2) is 8.42 Å². The van der Waals surface area contributed by atoms with E-state index in [0.717, 1.165) is 12.8 Å². The number of nitrogens with zero attached hydrogens (tertiary/aromatic N) is 1. The van der Waals surface area contributed by atoms with Gasteiger partial charge in [0.1, 0.15) is 0 Å². The maximum atomic E-state index is 13.0. The number of para-hydroxylation sites is 1. The molecule has 2 aromatic carbocycles. The molecule has 0 aromatic heterocycles. The Balaban J connectivity index is 1.97. The molecule has 2 aromatic rings. The van der Waals surface area contributed by atoms with E-state index in [4.69, 9.17) is 11.6 Å². The molecule has 1 fully saturated rings. The molecule has 1 saturated carbocycles. The summed E-state index contributed by atoms with van der Waals surface area (Å²) in [6.07, 6.45) is 1.89. The van der Waals surface area contributed by atoms with Crippen LogP contribution >= 0.6 is 11.6 Å². The molecule has 0 spiro atoms. The van der Waals surface area contributed by atoms with Crippen molar-refractivity contribution >= 4 is 33.2 Å². The molecule has 0 bridgehead atoms. The average molecular weight is 379 g/mol. The first kappa shape index (κ1) is 17.8. The van der Waals surface area contributed by atoms with Gasteiger partial charge < -0.3 is 5.32 Å². The summed E-state index contributed by atoms with van der Waals surface area (Å²) in [5.74, 6) is -0.340. The molecule has 1 aliphatic rings. The Kier molecular flexibility index (Phi) is 5.01. The third-order valence-corrected chi connectivity index (χ3v) is 6.24. The van der Waals surface area contributed by atoms with Crippen LogP contribution in [-0.2, 0) is 10.0 Å². The number of sulfonamides is 1. The van der Waals surface area contributed by atoms with Gasteiger partial charge in [0, 0.05) is 12.6 Å². The number of rotatable bonds is 6. The van der Waals surface area contributed by atoms with E-state index in [9.17, 15) is 13.2 Å². The monoisotopic (exact) mass is 378 g/mol. The van der Waals surface area contributed by atoms with E-state index in [2.05, 4.69) is 5.32 Å². The minimum absolute atomic E-state index is 0.0450. The zero-order valence-corrected chi connectivity index (χ0v) is 15.3. The number of nitrogens with one attached hydrogen (secondary N) is 1. The van der Waals surface area contributed by atoms with Crippen LogP contribution in [0.1, 0.15) is 30.1 Å². The van der Waals surface area contributed by atoms with Crippen molar-refractivity contribution in [2.24, 2.45) is 0 Å². The first-order valence-electron chi connectivity index (χ1n) is 8.11. The number of benzene rings is 2. The molecule has 0 atom stereocenters. The first-order chi connectivity index (χ1) is 11.9. The molecule has 5 nitrogen and oxygen atoms in total. The molecule has 1 N–H and O–H groups in total. The Hall–Kier alpha value is -2.05. The molecular weight excluding hydrogens is 360 g/mol. The van der Waals surface area contributed by atoms with Gasteiger partial charge in [0.15, 0.2) is 0 Å². The molecule has 0 aliphatic heterocycles. The van der Waals surface area contributed by atoms with Crippen molar-refractivity contribution in [3.8, 4) is 0 Å². The van der Waals surface area contributed by atoms with Crippen LogP contribution in [0, 0.1) is 0 Å². The Morgan fingerprint density at radius 1 is 1.20 bits per heavy atom. The van der Waals surface area contributed by atoms with E-state index < -0.39 is 10.0 Å². The third-order valence-electron chi connectivity index (χ3n) is 4.01. The molecule has 1 aliphatic carbocycles. The molecule has 0 radical (unpaired) electrons. The summed E-state index contributed by atoms with van der Waals surface area (Å²) in [6, 6.07) is 13.3. The lowest BCUT2D eigenvalue weighted by Crippen LogP contribution is -2.31. The van der Waals surface area contributed by atoms with Gasteiger partial charge in [-0.3, -0.25) is 9.10 Å². The highest BCUT2D eigenvalue weighted by molar-refractivity contribution is 7.92. The van der Waals surface area contributed by atoms with Crippen LogP contribution in [0.15, 0.2) is 53.4 Å². The summed E-state index contributed by atoms with van der Waals surface area (Å²) in [4.78, 5) is 12.3. The van der Waals surface area contributed by atoms with Crippen molar-refractivity contribution in [2.45, 2.75) is 30.7 Å². The molecule has 0 heterocycles. The third kappa shape index (κ3) is 3.80. The lowest BCUT2D eigenvalue weighted by molar-refractivity contribution is 0.0951. The Morgan fingerprint density at radius 3 is 2.48 bits per heavy atom. The average Bonchev–Trinajstić information content (AvgIpc) is 3.40. The smallest absolute Gasteiger partial charge is 0.264 e. The highest BCUT2D eigenvalue weighted by Crippen LogP contribution is 2.27. The van der Waals surface area contributed by atoms with E-state index in [-0.39, 0.29) is 34.0 Å². The van der Waals surface area contributed by atoms with Crippen LogP contribution in [0.25, 0.3) is 0 Å². The number of hydrogen-bond acceptors (Lipinski definition) is 3. The Morgan fingerprint density at radius 2 is 1.88 bits per heavy atom. The second kappa shape index (κ2) is 7.06. The number of carbonyl (C=O) groups excluding carboxylic acids is 1. The highest BCUT2D eigenvalue weighted by Gasteiger charge is 2.28. The van der Waals surface area contributed by atoms with Crippen molar-refractivity contribution < 1.29 is 13.2 Å². The van der Waals surface area contributed by atoms with Crippen LogP contribution in [0.2, 0.25) is 5.02 Å².